The smallest absolute Gasteiger partial charge is 0.423 e. The van der Waals surface area contributed by atoms with E-state index in [9.17, 15) is 14.8 Å². The van der Waals surface area contributed by atoms with Gasteiger partial charge in [0, 0.05) is 37.4 Å². The van der Waals surface area contributed by atoms with Crippen LogP contribution in [0.3, 0.4) is 0 Å². The van der Waals surface area contributed by atoms with Crippen molar-refractivity contribution < 1.29 is 14.8 Å². The van der Waals surface area contributed by atoms with Crippen LogP contribution in [0.1, 0.15) is 40.2 Å². The zero-order valence-corrected chi connectivity index (χ0v) is 16.2. The van der Waals surface area contributed by atoms with E-state index in [2.05, 4.69) is 17.1 Å². The first kappa shape index (κ1) is 19.6. The number of piperidine rings is 1. The fourth-order valence-electron chi connectivity index (χ4n) is 4.20. The number of carbonyl (C=O) groups excluding carboxylic acids is 1. The number of rotatable bonds is 4. The van der Waals surface area contributed by atoms with Gasteiger partial charge in [-0.1, -0.05) is 42.5 Å². The molecule has 148 valence electrons. The Hall–Kier alpha value is -2.74. The van der Waals surface area contributed by atoms with E-state index in [1.165, 1.54) is 11.8 Å². The zero-order chi connectivity index (χ0) is 20.4. The van der Waals surface area contributed by atoms with Crippen LogP contribution in [0.25, 0.3) is 10.8 Å². The standard InChI is InChI=1S/C22H24BN3O3/c24-12-15-3-1-4-17(11-15)16-7-9-26(10-8-16)22(27)19-14-25-13-18-5-2-6-20(21(18)19)23(28)29/h1-6,11,13-14,16,28-29H,7-10,12,24H2. The number of hydrogen-bond acceptors (Lipinski definition) is 5. The molecule has 7 heteroatoms. The van der Waals surface area contributed by atoms with Gasteiger partial charge in [-0.2, -0.15) is 0 Å². The third-order valence-electron chi connectivity index (χ3n) is 5.76. The van der Waals surface area contributed by atoms with Gasteiger partial charge >= 0.3 is 7.12 Å². The highest BCUT2D eigenvalue weighted by Crippen LogP contribution is 2.29. The summed E-state index contributed by atoms with van der Waals surface area (Å²) < 4.78 is 0. The van der Waals surface area contributed by atoms with Crippen LogP contribution < -0.4 is 11.2 Å². The molecule has 6 nitrogen and oxygen atoms in total. The SMILES string of the molecule is NCc1cccc(C2CCN(C(=O)c3cncc4cccc(B(O)O)c34)CC2)c1. The van der Waals surface area contributed by atoms with Gasteiger partial charge in [0.25, 0.3) is 5.91 Å². The fraction of sp³-hybridized carbons (Fsp3) is 0.273. The molecule has 2 aromatic carbocycles. The molecule has 1 fully saturated rings. The molecule has 0 spiro atoms. The van der Waals surface area contributed by atoms with Crippen molar-refractivity contribution in [1.29, 1.82) is 0 Å². The quantitative estimate of drug-likeness (QED) is 0.586. The summed E-state index contributed by atoms with van der Waals surface area (Å²) in [4.78, 5) is 19.3. The molecular formula is C22H24BN3O3. The molecule has 1 amide bonds. The molecule has 2 heterocycles. The van der Waals surface area contributed by atoms with Crippen molar-refractivity contribution in [3.8, 4) is 0 Å². The maximum atomic E-state index is 13.2. The minimum atomic E-state index is -1.65. The van der Waals surface area contributed by atoms with E-state index in [4.69, 9.17) is 5.73 Å². The van der Waals surface area contributed by atoms with Gasteiger partial charge in [0.1, 0.15) is 0 Å². The van der Waals surface area contributed by atoms with E-state index in [0.29, 0.717) is 42.0 Å². The first-order chi connectivity index (χ1) is 14.1. The Balaban J connectivity index is 1.56. The third kappa shape index (κ3) is 3.89. The summed E-state index contributed by atoms with van der Waals surface area (Å²) in [5.74, 6) is 0.288. The molecule has 4 rings (SSSR count). The molecule has 1 aliphatic heterocycles. The van der Waals surface area contributed by atoms with Gasteiger partial charge in [0.2, 0.25) is 0 Å². The summed E-state index contributed by atoms with van der Waals surface area (Å²) in [5, 5.41) is 20.8. The highest BCUT2D eigenvalue weighted by atomic mass is 16.4. The topological polar surface area (TPSA) is 99.7 Å². The number of aromatic nitrogens is 1. The van der Waals surface area contributed by atoms with Crippen LogP contribution in [-0.2, 0) is 6.54 Å². The molecular weight excluding hydrogens is 365 g/mol. The van der Waals surface area contributed by atoms with Crippen molar-refractivity contribution in [2.24, 2.45) is 5.73 Å². The van der Waals surface area contributed by atoms with Crippen LogP contribution in [0.5, 0.6) is 0 Å². The summed E-state index contributed by atoms with van der Waals surface area (Å²) in [5.41, 5.74) is 8.89. The summed E-state index contributed by atoms with van der Waals surface area (Å²) in [6.45, 7) is 1.82. The summed E-state index contributed by atoms with van der Waals surface area (Å²) in [7, 11) is -1.65. The Morgan fingerprint density at radius 1 is 1.14 bits per heavy atom. The number of carbonyl (C=O) groups is 1. The number of likely N-dealkylation sites (tertiary alicyclic amines) is 1. The Labute approximate surface area is 170 Å². The lowest BCUT2D eigenvalue weighted by Crippen LogP contribution is -2.39. The first-order valence-electron chi connectivity index (χ1n) is 9.89. The maximum absolute atomic E-state index is 13.2. The normalized spacial score (nSPS) is 14.9. The van der Waals surface area contributed by atoms with Gasteiger partial charge in [-0.25, -0.2) is 0 Å². The monoisotopic (exact) mass is 389 g/mol. The van der Waals surface area contributed by atoms with Crippen LogP contribution in [0.4, 0.5) is 0 Å². The zero-order valence-electron chi connectivity index (χ0n) is 16.2. The Bertz CT molecular complexity index is 1030. The van der Waals surface area contributed by atoms with Gasteiger partial charge in [-0.05, 0) is 40.7 Å². The average molecular weight is 389 g/mol. The van der Waals surface area contributed by atoms with Gasteiger partial charge in [0.15, 0.2) is 0 Å². The number of amides is 1. The molecule has 0 unspecified atom stereocenters. The van der Waals surface area contributed by atoms with E-state index >= 15 is 0 Å². The van der Waals surface area contributed by atoms with Crippen molar-refractivity contribution in [2.75, 3.05) is 13.1 Å². The number of nitrogens with two attached hydrogens (primary N) is 1. The minimum Gasteiger partial charge on any atom is -0.423 e. The van der Waals surface area contributed by atoms with E-state index in [-0.39, 0.29) is 5.91 Å². The van der Waals surface area contributed by atoms with Gasteiger partial charge < -0.3 is 20.7 Å². The molecule has 4 N–H and O–H groups in total. The maximum Gasteiger partial charge on any atom is 0.489 e. The Morgan fingerprint density at radius 3 is 2.62 bits per heavy atom. The second-order valence-corrected chi connectivity index (χ2v) is 7.52. The van der Waals surface area contributed by atoms with Gasteiger partial charge in [-0.3, -0.25) is 9.78 Å². The molecule has 0 bridgehead atoms. The van der Waals surface area contributed by atoms with Crippen molar-refractivity contribution in [3.63, 3.8) is 0 Å². The molecule has 3 aromatic rings. The van der Waals surface area contributed by atoms with Gasteiger partial charge in [0.05, 0.1) is 5.56 Å². The summed E-state index contributed by atoms with van der Waals surface area (Å²) in [6, 6.07) is 13.5. The van der Waals surface area contributed by atoms with Gasteiger partial charge in [-0.15, -0.1) is 0 Å². The lowest BCUT2D eigenvalue weighted by molar-refractivity contribution is 0.0714. The van der Waals surface area contributed by atoms with Crippen LogP contribution in [0.15, 0.2) is 54.9 Å². The molecule has 0 atom stereocenters. The van der Waals surface area contributed by atoms with Crippen LogP contribution in [0, 0.1) is 0 Å². The molecule has 0 radical (unpaired) electrons. The first-order valence-corrected chi connectivity index (χ1v) is 9.89. The third-order valence-corrected chi connectivity index (χ3v) is 5.76. The summed E-state index contributed by atoms with van der Waals surface area (Å²) in [6.07, 6.45) is 4.92. The van der Waals surface area contributed by atoms with E-state index in [1.54, 1.807) is 18.3 Å². The number of pyridine rings is 1. The van der Waals surface area contributed by atoms with Crippen LogP contribution >= 0.6 is 0 Å². The number of hydrogen-bond donors (Lipinski definition) is 3. The Morgan fingerprint density at radius 2 is 1.90 bits per heavy atom. The second kappa shape index (κ2) is 8.33. The predicted molar refractivity (Wildman–Crippen MR) is 114 cm³/mol. The van der Waals surface area contributed by atoms with Crippen molar-refractivity contribution in [1.82, 2.24) is 9.88 Å². The molecule has 0 aliphatic carbocycles. The molecule has 1 saturated heterocycles. The average Bonchev–Trinajstić information content (AvgIpc) is 2.77. The van der Waals surface area contributed by atoms with E-state index in [1.807, 2.05) is 23.1 Å². The number of nitrogens with zero attached hydrogens (tertiary/aromatic N) is 2. The molecule has 1 aliphatic rings. The van der Waals surface area contributed by atoms with Crippen LogP contribution in [-0.4, -0.2) is 46.0 Å². The van der Waals surface area contributed by atoms with E-state index in [0.717, 1.165) is 23.8 Å². The van der Waals surface area contributed by atoms with Crippen molar-refractivity contribution >= 4 is 29.3 Å². The highest BCUT2D eigenvalue weighted by Gasteiger charge is 2.27. The Kier molecular flexibility index (Phi) is 5.62. The highest BCUT2D eigenvalue weighted by molar-refractivity contribution is 6.62. The summed E-state index contributed by atoms with van der Waals surface area (Å²) >= 11 is 0. The van der Waals surface area contributed by atoms with E-state index < -0.39 is 7.12 Å². The molecule has 0 saturated carbocycles. The predicted octanol–water partition coefficient (Wildman–Crippen LogP) is 1.39. The number of fused-ring (bicyclic) bond motifs is 1. The lowest BCUT2D eigenvalue weighted by Gasteiger charge is -2.32. The largest absolute Gasteiger partial charge is 0.489 e. The van der Waals surface area contributed by atoms with Crippen LogP contribution in [0.2, 0.25) is 0 Å². The minimum absolute atomic E-state index is 0.120. The number of benzene rings is 2. The van der Waals surface area contributed by atoms with Crippen molar-refractivity contribution in [3.05, 3.63) is 71.5 Å². The lowest BCUT2D eigenvalue weighted by atomic mass is 9.76. The fourth-order valence-corrected chi connectivity index (χ4v) is 4.20. The molecule has 29 heavy (non-hydrogen) atoms. The molecule has 1 aromatic heterocycles. The second-order valence-electron chi connectivity index (χ2n) is 7.52. The van der Waals surface area contributed by atoms with Crippen molar-refractivity contribution in [2.45, 2.75) is 25.3 Å².